The van der Waals surface area contributed by atoms with Gasteiger partial charge in [-0.15, -0.1) is 0 Å². The van der Waals surface area contributed by atoms with Crippen LogP contribution in [-0.4, -0.2) is 31.5 Å². The van der Waals surface area contributed by atoms with E-state index in [1.54, 1.807) is 7.11 Å². The van der Waals surface area contributed by atoms with E-state index in [2.05, 4.69) is 0 Å². The molecule has 1 aromatic carbocycles. The highest BCUT2D eigenvalue weighted by atomic mass is 16.5. The zero-order valence-electron chi connectivity index (χ0n) is 12.5. The maximum absolute atomic E-state index is 10.5. The fourth-order valence-corrected chi connectivity index (χ4v) is 2.45. The lowest BCUT2D eigenvalue weighted by atomic mass is 10.0. The molecule has 1 N–H and O–H groups in total. The molecule has 0 spiro atoms. The summed E-state index contributed by atoms with van der Waals surface area (Å²) in [5, 5.41) is 10.5. The van der Waals surface area contributed by atoms with Gasteiger partial charge in [-0.25, -0.2) is 0 Å². The minimum absolute atomic E-state index is 0.137. The molecule has 0 bridgehead atoms. The first-order chi connectivity index (χ1) is 9.71. The Bertz CT molecular complexity index is 428. The first kappa shape index (κ1) is 15.1. The van der Waals surface area contributed by atoms with Crippen molar-refractivity contribution >= 4 is 0 Å². The SMILES string of the molecule is CCOc1ccc(C(O)C(OC)C2CC2)cc1OCC. The third kappa shape index (κ3) is 3.44. The highest BCUT2D eigenvalue weighted by Gasteiger charge is 2.37. The highest BCUT2D eigenvalue weighted by molar-refractivity contribution is 5.44. The van der Waals surface area contributed by atoms with Crippen molar-refractivity contribution in [3.05, 3.63) is 23.8 Å². The van der Waals surface area contributed by atoms with Crippen LogP contribution in [0.5, 0.6) is 11.5 Å². The van der Waals surface area contributed by atoms with Gasteiger partial charge in [0.1, 0.15) is 6.10 Å². The summed E-state index contributed by atoms with van der Waals surface area (Å²) in [6.45, 7) is 5.02. The van der Waals surface area contributed by atoms with Crippen LogP contribution in [0.2, 0.25) is 0 Å². The topological polar surface area (TPSA) is 47.9 Å². The molecule has 2 unspecified atom stereocenters. The number of benzene rings is 1. The number of hydrogen-bond donors (Lipinski definition) is 1. The molecule has 0 heterocycles. The first-order valence-electron chi connectivity index (χ1n) is 7.31. The third-order valence-electron chi connectivity index (χ3n) is 3.58. The number of aliphatic hydroxyl groups excluding tert-OH is 1. The van der Waals surface area contributed by atoms with Crippen LogP contribution in [0.4, 0.5) is 0 Å². The minimum Gasteiger partial charge on any atom is -0.490 e. The normalized spacial score (nSPS) is 17.6. The van der Waals surface area contributed by atoms with Crippen molar-refractivity contribution in [1.29, 1.82) is 0 Å². The van der Waals surface area contributed by atoms with Crippen LogP contribution < -0.4 is 9.47 Å². The largest absolute Gasteiger partial charge is 0.490 e. The molecule has 2 rings (SSSR count). The summed E-state index contributed by atoms with van der Waals surface area (Å²) >= 11 is 0. The molecule has 1 fully saturated rings. The van der Waals surface area contributed by atoms with E-state index in [1.807, 2.05) is 32.0 Å². The van der Waals surface area contributed by atoms with Gasteiger partial charge in [-0.1, -0.05) is 6.07 Å². The lowest BCUT2D eigenvalue weighted by Gasteiger charge is -2.22. The molecule has 20 heavy (non-hydrogen) atoms. The Morgan fingerprint density at radius 3 is 2.35 bits per heavy atom. The fourth-order valence-electron chi connectivity index (χ4n) is 2.45. The van der Waals surface area contributed by atoms with Gasteiger partial charge in [0.2, 0.25) is 0 Å². The van der Waals surface area contributed by atoms with Crippen molar-refractivity contribution in [3.8, 4) is 11.5 Å². The van der Waals surface area contributed by atoms with E-state index < -0.39 is 6.10 Å². The van der Waals surface area contributed by atoms with E-state index in [9.17, 15) is 5.11 Å². The molecule has 1 aromatic rings. The van der Waals surface area contributed by atoms with E-state index in [-0.39, 0.29) is 6.10 Å². The standard InChI is InChI=1S/C16H24O4/c1-4-19-13-9-8-12(10-14(13)20-5-2)15(17)16(18-3)11-6-7-11/h8-11,15-17H,4-7H2,1-3H3. The van der Waals surface area contributed by atoms with Crippen LogP contribution >= 0.6 is 0 Å². The van der Waals surface area contributed by atoms with Crippen molar-refractivity contribution in [3.63, 3.8) is 0 Å². The van der Waals surface area contributed by atoms with E-state index in [1.165, 1.54) is 0 Å². The molecule has 1 aliphatic rings. The molecular weight excluding hydrogens is 256 g/mol. The molecule has 0 aromatic heterocycles. The quantitative estimate of drug-likeness (QED) is 0.795. The summed E-state index contributed by atoms with van der Waals surface area (Å²) in [5.74, 6) is 1.86. The monoisotopic (exact) mass is 280 g/mol. The Balaban J connectivity index is 2.20. The highest BCUT2D eigenvalue weighted by Crippen LogP contribution is 2.41. The van der Waals surface area contributed by atoms with E-state index in [0.29, 0.717) is 30.6 Å². The number of methoxy groups -OCH3 is 1. The smallest absolute Gasteiger partial charge is 0.161 e. The number of ether oxygens (including phenoxy) is 3. The summed E-state index contributed by atoms with van der Waals surface area (Å²) in [6.07, 6.45) is 1.50. The van der Waals surface area contributed by atoms with Gasteiger partial charge in [-0.05, 0) is 50.3 Å². The average Bonchev–Trinajstić information content (AvgIpc) is 3.26. The summed E-state index contributed by atoms with van der Waals surface area (Å²) in [4.78, 5) is 0. The molecule has 112 valence electrons. The first-order valence-corrected chi connectivity index (χ1v) is 7.31. The predicted octanol–water partition coefficient (Wildman–Crippen LogP) is 2.94. The summed E-state index contributed by atoms with van der Waals surface area (Å²) in [6, 6.07) is 5.59. The molecule has 4 heteroatoms. The second-order valence-electron chi connectivity index (χ2n) is 5.05. The number of hydrogen-bond acceptors (Lipinski definition) is 4. The Hall–Kier alpha value is -1.26. The van der Waals surface area contributed by atoms with Gasteiger partial charge in [0, 0.05) is 7.11 Å². The molecule has 0 radical (unpaired) electrons. The van der Waals surface area contributed by atoms with Crippen molar-refractivity contribution < 1.29 is 19.3 Å². The Morgan fingerprint density at radius 1 is 1.15 bits per heavy atom. The van der Waals surface area contributed by atoms with Crippen LogP contribution in [0.25, 0.3) is 0 Å². The zero-order valence-corrected chi connectivity index (χ0v) is 12.5. The molecule has 0 amide bonds. The predicted molar refractivity (Wildman–Crippen MR) is 77.3 cm³/mol. The van der Waals surface area contributed by atoms with E-state index in [4.69, 9.17) is 14.2 Å². The van der Waals surface area contributed by atoms with Crippen LogP contribution in [0.1, 0.15) is 38.4 Å². The fraction of sp³-hybridized carbons (Fsp3) is 0.625. The lowest BCUT2D eigenvalue weighted by Crippen LogP contribution is -2.23. The molecule has 2 atom stereocenters. The van der Waals surface area contributed by atoms with Crippen LogP contribution in [0, 0.1) is 5.92 Å². The van der Waals surface area contributed by atoms with Gasteiger partial charge in [-0.3, -0.25) is 0 Å². The number of rotatable bonds is 8. The Labute approximate surface area is 120 Å². The second kappa shape index (κ2) is 6.95. The van der Waals surface area contributed by atoms with Crippen LogP contribution in [-0.2, 0) is 4.74 Å². The maximum Gasteiger partial charge on any atom is 0.161 e. The van der Waals surface area contributed by atoms with E-state index >= 15 is 0 Å². The average molecular weight is 280 g/mol. The van der Waals surface area contributed by atoms with Gasteiger partial charge in [0.25, 0.3) is 0 Å². The second-order valence-corrected chi connectivity index (χ2v) is 5.05. The summed E-state index contributed by atoms with van der Waals surface area (Å²) in [7, 11) is 1.66. The van der Waals surface area contributed by atoms with Crippen molar-refractivity contribution in [2.45, 2.75) is 38.9 Å². The summed E-state index contributed by atoms with van der Waals surface area (Å²) < 4.78 is 16.6. The van der Waals surface area contributed by atoms with Crippen molar-refractivity contribution in [2.24, 2.45) is 5.92 Å². The van der Waals surface area contributed by atoms with Crippen LogP contribution in [0.15, 0.2) is 18.2 Å². The van der Waals surface area contributed by atoms with Gasteiger partial charge in [0.15, 0.2) is 11.5 Å². The van der Waals surface area contributed by atoms with Crippen molar-refractivity contribution in [2.75, 3.05) is 20.3 Å². The molecule has 4 nitrogen and oxygen atoms in total. The van der Waals surface area contributed by atoms with Crippen LogP contribution in [0.3, 0.4) is 0 Å². The maximum atomic E-state index is 10.5. The lowest BCUT2D eigenvalue weighted by molar-refractivity contribution is -0.0260. The molecule has 0 aliphatic heterocycles. The van der Waals surface area contributed by atoms with Crippen molar-refractivity contribution in [1.82, 2.24) is 0 Å². The Kier molecular flexibility index (Phi) is 5.26. The molecule has 1 aliphatic carbocycles. The zero-order chi connectivity index (χ0) is 14.5. The van der Waals surface area contributed by atoms with Gasteiger partial charge in [0.05, 0.1) is 19.3 Å². The molecular formula is C16H24O4. The van der Waals surface area contributed by atoms with Gasteiger partial charge in [-0.2, -0.15) is 0 Å². The molecule has 1 saturated carbocycles. The number of aliphatic hydroxyl groups is 1. The Morgan fingerprint density at radius 2 is 1.80 bits per heavy atom. The third-order valence-corrected chi connectivity index (χ3v) is 3.58. The van der Waals surface area contributed by atoms with Gasteiger partial charge >= 0.3 is 0 Å². The summed E-state index contributed by atoms with van der Waals surface area (Å²) in [5.41, 5.74) is 0.815. The van der Waals surface area contributed by atoms with Gasteiger partial charge < -0.3 is 19.3 Å². The van der Waals surface area contributed by atoms with E-state index in [0.717, 1.165) is 18.4 Å². The minimum atomic E-state index is -0.623. The molecule has 0 saturated heterocycles.